The molecule has 4 unspecified atom stereocenters. The normalized spacial score (nSPS) is 40.2. The largest absolute Gasteiger partial charge is 0.368 e. The molecule has 1 nitrogen and oxygen atoms in total. The molecule has 1 heteroatoms. The van der Waals surface area contributed by atoms with Gasteiger partial charge in [0.2, 0.25) is 0 Å². The highest BCUT2D eigenvalue weighted by atomic mass is 16.5. The van der Waals surface area contributed by atoms with Crippen molar-refractivity contribution in [1.82, 2.24) is 0 Å². The van der Waals surface area contributed by atoms with E-state index in [0.29, 0.717) is 6.10 Å². The summed E-state index contributed by atoms with van der Waals surface area (Å²) in [6, 6.07) is 0. The van der Waals surface area contributed by atoms with Gasteiger partial charge in [0, 0.05) is 0 Å². The number of fused-ring (bicyclic) bond motifs is 1. The summed E-state index contributed by atoms with van der Waals surface area (Å²) in [5.41, 5.74) is -0.0214. The number of ether oxygens (including phenoxy) is 1. The van der Waals surface area contributed by atoms with Gasteiger partial charge < -0.3 is 4.74 Å². The van der Waals surface area contributed by atoms with E-state index in [-0.39, 0.29) is 5.60 Å². The lowest BCUT2D eigenvalue weighted by molar-refractivity contribution is -0.144. The molecule has 4 atom stereocenters. The van der Waals surface area contributed by atoms with Gasteiger partial charge >= 0.3 is 0 Å². The predicted molar refractivity (Wildman–Crippen MR) is 91.5 cm³/mol. The fraction of sp³-hybridized carbons (Fsp3) is 0.900. The summed E-state index contributed by atoms with van der Waals surface area (Å²) in [5.74, 6) is 1.59. The summed E-state index contributed by atoms with van der Waals surface area (Å²) in [4.78, 5) is 0. The Hall–Kier alpha value is -0.300. The molecule has 1 aliphatic heterocycles. The molecular formula is C20H36O. The third-order valence-corrected chi connectivity index (χ3v) is 5.65. The maximum absolute atomic E-state index is 6.61. The lowest BCUT2D eigenvalue weighted by atomic mass is 9.74. The van der Waals surface area contributed by atoms with Crippen LogP contribution in [0.3, 0.4) is 0 Å². The van der Waals surface area contributed by atoms with Gasteiger partial charge in [-0.25, -0.2) is 0 Å². The van der Waals surface area contributed by atoms with E-state index >= 15 is 0 Å². The lowest BCUT2D eigenvalue weighted by Gasteiger charge is -2.46. The average Bonchev–Trinajstić information content (AvgIpc) is 2.41. The van der Waals surface area contributed by atoms with Gasteiger partial charge in [0.25, 0.3) is 0 Å². The van der Waals surface area contributed by atoms with Crippen molar-refractivity contribution in [3.05, 3.63) is 12.2 Å². The van der Waals surface area contributed by atoms with Gasteiger partial charge in [0.1, 0.15) is 0 Å². The van der Waals surface area contributed by atoms with Gasteiger partial charge in [-0.3, -0.25) is 0 Å². The maximum Gasteiger partial charge on any atom is 0.0840 e. The molecule has 122 valence electrons. The Balaban J connectivity index is 2.02. The highest BCUT2D eigenvalue weighted by Crippen LogP contribution is 2.42. The van der Waals surface area contributed by atoms with Crippen LogP contribution < -0.4 is 0 Å². The van der Waals surface area contributed by atoms with Crippen molar-refractivity contribution in [2.24, 2.45) is 11.8 Å². The molecule has 2 aliphatic rings. The summed E-state index contributed by atoms with van der Waals surface area (Å²) in [5, 5.41) is 0. The molecule has 1 heterocycles. The minimum absolute atomic E-state index is 0.0214. The first kappa shape index (κ1) is 17.1. The van der Waals surface area contributed by atoms with Gasteiger partial charge in [-0.05, 0) is 44.9 Å². The molecule has 0 N–H and O–H groups in total. The molecule has 1 aliphatic carbocycles. The van der Waals surface area contributed by atoms with Crippen LogP contribution in [0.4, 0.5) is 0 Å². The van der Waals surface area contributed by atoms with Crippen LogP contribution in [-0.4, -0.2) is 11.7 Å². The first-order valence-corrected chi connectivity index (χ1v) is 9.46. The van der Waals surface area contributed by atoms with Crippen LogP contribution >= 0.6 is 0 Å². The zero-order chi connectivity index (χ0) is 15.1. The molecule has 2 rings (SSSR count). The van der Waals surface area contributed by atoms with Crippen molar-refractivity contribution in [3.8, 4) is 0 Å². The van der Waals surface area contributed by atoms with E-state index < -0.39 is 0 Å². The van der Waals surface area contributed by atoms with Gasteiger partial charge in [-0.15, -0.1) is 0 Å². The first-order chi connectivity index (χ1) is 10.1. The van der Waals surface area contributed by atoms with Crippen LogP contribution in [0.2, 0.25) is 0 Å². The Bertz CT molecular complexity index is 322. The molecule has 21 heavy (non-hydrogen) atoms. The van der Waals surface area contributed by atoms with E-state index in [1.807, 2.05) is 0 Å². The molecule has 0 spiro atoms. The highest BCUT2D eigenvalue weighted by molar-refractivity contribution is 5.03. The summed E-state index contributed by atoms with van der Waals surface area (Å²) in [6.45, 7) is 6.87. The van der Waals surface area contributed by atoms with Crippen LogP contribution in [-0.2, 0) is 4.74 Å². The van der Waals surface area contributed by atoms with E-state index in [9.17, 15) is 0 Å². The number of hydrogen-bond donors (Lipinski definition) is 0. The maximum atomic E-state index is 6.61. The number of rotatable bonds is 1. The fourth-order valence-electron chi connectivity index (χ4n) is 4.63. The second-order valence-electron chi connectivity index (χ2n) is 7.72. The smallest absolute Gasteiger partial charge is 0.0840 e. The average molecular weight is 293 g/mol. The predicted octanol–water partition coefficient (Wildman–Crippen LogP) is 6.28. The van der Waals surface area contributed by atoms with Crippen molar-refractivity contribution >= 4 is 0 Å². The molecule has 2 fully saturated rings. The second-order valence-corrected chi connectivity index (χ2v) is 7.72. The Kier molecular flexibility index (Phi) is 6.79. The Morgan fingerprint density at radius 2 is 1.48 bits per heavy atom. The lowest BCUT2D eigenvalue weighted by Crippen LogP contribution is -2.46. The minimum Gasteiger partial charge on any atom is -0.368 e. The molecule has 0 amide bonds. The van der Waals surface area contributed by atoms with Crippen molar-refractivity contribution in [3.63, 3.8) is 0 Å². The topological polar surface area (TPSA) is 9.23 Å². The van der Waals surface area contributed by atoms with Gasteiger partial charge in [0.05, 0.1) is 11.7 Å². The zero-order valence-corrected chi connectivity index (χ0v) is 14.6. The molecule has 0 aromatic carbocycles. The molecule has 0 aromatic heterocycles. The standard InChI is InChI=1S/C20H36O/c1-4-15-20(3)16-17(2)18-13-11-9-7-5-6-8-10-12-14-19(18)21-20/h4,15,17-19H,5-14,16H2,1-3H3. The summed E-state index contributed by atoms with van der Waals surface area (Å²) in [7, 11) is 0. The monoisotopic (exact) mass is 292 g/mol. The van der Waals surface area contributed by atoms with Gasteiger partial charge in [-0.1, -0.05) is 70.4 Å². The van der Waals surface area contributed by atoms with Crippen LogP contribution in [0.1, 0.15) is 91.4 Å². The van der Waals surface area contributed by atoms with Crippen LogP contribution in [0, 0.1) is 11.8 Å². The minimum atomic E-state index is -0.0214. The van der Waals surface area contributed by atoms with E-state index in [4.69, 9.17) is 4.74 Å². The Morgan fingerprint density at radius 1 is 0.905 bits per heavy atom. The molecule has 0 aromatic rings. The molecule has 1 saturated carbocycles. The fourth-order valence-corrected chi connectivity index (χ4v) is 4.63. The third kappa shape index (κ3) is 5.13. The zero-order valence-electron chi connectivity index (χ0n) is 14.6. The first-order valence-electron chi connectivity index (χ1n) is 9.46. The highest BCUT2D eigenvalue weighted by Gasteiger charge is 2.40. The quantitative estimate of drug-likeness (QED) is 0.517. The molecule has 0 radical (unpaired) electrons. The second kappa shape index (κ2) is 8.36. The third-order valence-electron chi connectivity index (χ3n) is 5.65. The van der Waals surface area contributed by atoms with Crippen molar-refractivity contribution < 1.29 is 4.74 Å². The van der Waals surface area contributed by atoms with E-state index in [2.05, 4.69) is 32.9 Å². The molecule has 1 saturated heterocycles. The van der Waals surface area contributed by atoms with Crippen molar-refractivity contribution in [2.75, 3.05) is 0 Å². The Morgan fingerprint density at radius 3 is 2.10 bits per heavy atom. The van der Waals surface area contributed by atoms with Crippen molar-refractivity contribution in [2.45, 2.75) is 103 Å². The van der Waals surface area contributed by atoms with E-state index in [1.54, 1.807) is 0 Å². The van der Waals surface area contributed by atoms with Crippen molar-refractivity contribution in [1.29, 1.82) is 0 Å². The summed E-state index contributed by atoms with van der Waals surface area (Å²) >= 11 is 0. The molecule has 0 bridgehead atoms. The van der Waals surface area contributed by atoms with Gasteiger partial charge in [-0.2, -0.15) is 0 Å². The van der Waals surface area contributed by atoms with E-state index in [0.717, 1.165) is 11.8 Å². The summed E-state index contributed by atoms with van der Waals surface area (Å²) < 4.78 is 6.61. The SMILES string of the molecule is CC=CC1(C)CC(C)C2CCCCCCCCCCC2O1. The van der Waals surface area contributed by atoms with Crippen LogP contribution in [0.5, 0.6) is 0 Å². The number of hydrogen-bond acceptors (Lipinski definition) is 1. The molecular weight excluding hydrogens is 256 g/mol. The number of allylic oxidation sites excluding steroid dienone is 1. The Labute approximate surface area is 132 Å². The van der Waals surface area contributed by atoms with E-state index in [1.165, 1.54) is 70.6 Å². The van der Waals surface area contributed by atoms with Crippen LogP contribution in [0.25, 0.3) is 0 Å². The van der Waals surface area contributed by atoms with Crippen LogP contribution in [0.15, 0.2) is 12.2 Å². The van der Waals surface area contributed by atoms with Gasteiger partial charge in [0.15, 0.2) is 0 Å². The summed E-state index contributed by atoms with van der Waals surface area (Å²) in [6.07, 6.45) is 20.2.